The Hall–Kier alpha value is -2.45. The van der Waals surface area contributed by atoms with Gasteiger partial charge in [-0.15, -0.1) is 21.5 Å². The van der Waals surface area contributed by atoms with E-state index in [-0.39, 0.29) is 11.7 Å². The Balaban J connectivity index is 1.54. The van der Waals surface area contributed by atoms with Crippen LogP contribution in [0.5, 0.6) is 0 Å². The van der Waals surface area contributed by atoms with Crippen LogP contribution in [-0.2, 0) is 18.3 Å². The first-order chi connectivity index (χ1) is 12.1. The number of carbonyl (C=O) groups excluding carboxylic acids is 2. The van der Waals surface area contributed by atoms with Crippen molar-refractivity contribution in [2.24, 2.45) is 7.05 Å². The predicted octanol–water partition coefficient (Wildman–Crippen LogP) is 2.52. The highest BCUT2D eigenvalue weighted by atomic mass is 32.2. The maximum Gasteiger partial charge on any atom is 0.257 e. The summed E-state index contributed by atoms with van der Waals surface area (Å²) in [7, 11) is 1.87. The zero-order valence-electron chi connectivity index (χ0n) is 13.5. The number of thioether (sulfide) groups is 1. The number of nitrogens with one attached hydrogen (secondary N) is 1. The van der Waals surface area contributed by atoms with Gasteiger partial charge in [0, 0.05) is 23.9 Å². The van der Waals surface area contributed by atoms with Gasteiger partial charge in [-0.1, -0.05) is 36.0 Å². The second-order valence-electron chi connectivity index (χ2n) is 5.25. The molecule has 1 N–H and O–H groups in total. The fraction of sp³-hybridized carbons (Fsp3) is 0.176. The summed E-state index contributed by atoms with van der Waals surface area (Å²) in [5.74, 6) is 0.179. The Morgan fingerprint density at radius 3 is 2.68 bits per heavy atom. The standard InChI is InChI=1S/C17H16N4O2S2/c1-21-14(10-13-8-5-9-24-13)19-20-17(21)25-11-15(22)18-16(23)12-6-3-2-4-7-12/h2-9H,10-11H2,1H3,(H,18,22,23). The molecule has 3 aromatic rings. The van der Waals surface area contributed by atoms with Crippen molar-refractivity contribution in [3.63, 3.8) is 0 Å². The van der Waals surface area contributed by atoms with Gasteiger partial charge in [0.05, 0.1) is 5.75 Å². The van der Waals surface area contributed by atoms with E-state index in [2.05, 4.69) is 21.6 Å². The van der Waals surface area contributed by atoms with Crippen molar-refractivity contribution in [3.8, 4) is 0 Å². The Labute approximate surface area is 153 Å². The lowest BCUT2D eigenvalue weighted by Gasteiger charge is -2.05. The number of nitrogens with zero attached hydrogens (tertiary/aromatic N) is 3. The number of imide groups is 1. The van der Waals surface area contributed by atoms with Gasteiger partial charge < -0.3 is 4.57 Å². The molecule has 0 radical (unpaired) electrons. The molecule has 25 heavy (non-hydrogen) atoms. The fourth-order valence-electron chi connectivity index (χ4n) is 2.15. The highest BCUT2D eigenvalue weighted by molar-refractivity contribution is 7.99. The van der Waals surface area contributed by atoms with E-state index in [1.54, 1.807) is 35.6 Å². The number of benzene rings is 1. The van der Waals surface area contributed by atoms with Gasteiger partial charge >= 0.3 is 0 Å². The lowest BCUT2D eigenvalue weighted by Crippen LogP contribution is -2.31. The van der Waals surface area contributed by atoms with E-state index >= 15 is 0 Å². The number of rotatable bonds is 6. The maximum absolute atomic E-state index is 12.0. The van der Waals surface area contributed by atoms with Gasteiger partial charge in [0.25, 0.3) is 5.91 Å². The topological polar surface area (TPSA) is 76.9 Å². The van der Waals surface area contributed by atoms with Crippen LogP contribution in [0.25, 0.3) is 0 Å². The molecule has 128 valence electrons. The molecular formula is C17H16N4O2S2. The fourth-order valence-corrected chi connectivity index (χ4v) is 3.58. The Morgan fingerprint density at radius 1 is 1.16 bits per heavy atom. The highest BCUT2D eigenvalue weighted by Gasteiger charge is 2.14. The van der Waals surface area contributed by atoms with Gasteiger partial charge in [-0.3, -0.25) is 14.9 Å². The molecule has 0 aliphatic carbocycles. The number of aromatic nitrogens is 3. The minimum atomic E-state index is -0.400. The zero-order valence-corrected chi connectivity index (χ0v) is 15.1. The van der Waals surface area contributed by atoms with Gasteiger partial charge in [0.2, 0.25) is 5.91 Å². The van der Waals surface area contributed by atoms with Crippen molar-refractivity contribution in [2.75, 3.05) is 5.75 Å². The summed E-state index contributed by atoms with van der Waals surface area (Å²) in [4.78, 5) is 25.1. The minimum absolute atomic E-state index is 0.101. The summed E-state index contributed by atoms with van der Waals surface area (Å²) in [6.45, 7) is 0. The molecule has 0 spiro atoms. The molecule has 2 amide bonds. The summed E-state index contributed by atoms with van der Waals surface area (Å²) < 4.78 is 1.87. The van der Waals surface area contributed by atoms with Crippen molar-refractivity contribution in [3.05, 3.63) is 64.1 Å². The van der Waals surface area contributed by atoms with Crippen LogP contribution in [0, 0.1) is 0 Å². The summed E-state index contributed by atoms with van der Waals surface area (Å²) in [6.07, 6.45) is 0.709. The number of carbonyl (C=O) groups is 2. The summed E-state index contributed by atoms with van der Waals surface area (Å²) >= 11 is 2.92. The Morgan fingerprint density at radius 2 is 1.96 bits per heavy atom. The third-order valence-electron chi connectivity index (χ3n) is 3.46. The molecule has 0 aliphatic heterocycles. The molecule has 3 rings (SSSR count). The molecule has 1 aromatic carbocycles. The maximum atomic E-state index is 12.0. The Bertz CT molecular complexity index is 860. The third-order valence-corrected chi connectivity index (χ3v) is 5.36. The van der Waals surface area contributed by atoms with Gasteiger partial charge in [0.15, 0.2) is 5.16 Å². The lowest BCUT2D eigenvalue weighted by atomic mass is 10.2. The molecule has 0 saturated carbocycles. The Kier molecular flexibility index (Phi) is 5.62. The first-order valence-electron chi connectivity index (χ1n) is 7.56. The quantitative estimate of drug-likeness (QED) is 0.673. The van der Waals surface area contributed by atoms with Crippen LogP contribution in [-0.4, -0.2) is 32.3 Å². The summed E-state index contributed by atoms with van der Waals surface area (Å²) in [6, 6.07) is 12.7. The molecule has 0 aliphatic rings. The number of amides is 2. The van der Waals surface area contributed by atoms with Gasteiger partial charge in [-0.2, -0.15) is 0 Å². The SMILES string of the molecule is Cn1c(Cc2cccs2)nnc1SCC(=O)NC(=O)c1ccccc1. The van der Waals surface area contributed by atoms with Crippen molar-refractivity contribution >= 4 is 34.9 Å². The van der Waals surface area contributed by atoms with Crippen LogP contribution >= 0.6 is 23.1 Å². The molecule has 0 bridgehead atoms. The molecule has 0 saturated heterocycles. The predicted molar refractivity (Wildman–Crippen MR) is 97.8 cm³/mol. The molecule has 2 aromatic heterocycles. The van der Waals surface area contributed by atoms with E-state index in [9.17, 15) is 9.59 Å². The van der Waals surface area contributed by atoms with Crippen LogP contribution in [0.4, 0.5) is 0 Å². The van der Waals surface area contributed by atoms with Crippen LogP contribution in [0.1, 0.15) is 21.1 Å². The van der Waals surface area contributed by atoms with Gasteiger partial charge in [0.1, 0.15) is 5.82 Å². The summed E-state index contributed by atoms with van der Waals surface area (Å²) in [5, 5.41) is 13.3. The van der Waals surface area contributed by atoms with Gasteiger partial charge in [-0.25, -0.2) is 0 Å². The zero-order chi connectivity index (χ0) is 17.6. The second-order valence-corrected chi connectivity index (χ2v) is 7.22. The third kappa shape index (κ3) is 4.55. The van der Waals surface area contributed by atoms with Crippen LogP contribution in [0.3, 0.4) is 0 Å². The first kappa shape index (κ1) is 17.4. The van der Waals surface area contributed by atoms with Crippen molar-refractivity contribution < 1.29 is 9.59 Å². The van der Waals surface area contributed by atoms with E-state index in [1.807, 2.05) is 29.1 Å². The van der Waals surface area contributed by atoms with Crippen LogP contribution in [0.2, 0.25) is 0 Å². The van der Waals surface area contributed by atoms with E-state index in [1.165, 1.54) is 16.6 Å². The molecule has 8 heteroatoms. The molecule has 2 heterocycles. The largest absolute Gasteiger partial charge is 0.309 e. The smallest absolute Gasteiger partial charge is 0.257 e. The van der Waals surface area contributed by atoms with E-state index in [0.29, 0.717) is 17.1 Å². The molecule has 6 nitrogen and oxygen atoms in total. The molecule has 0 atom stereocenters. The van der Waals surface area contributed by atoms with Crippen molar-refractivity contribution in [2.45, 2.75) is 11.6 Å². The van der Waals surface area contributed by atoms with Crippen molar-refractivity contribution in [1.29, 1.82) is 0 Å². The van der Waals surface area contributed by atoms with Crippen molar-refractivity contribution in [1.82, 2.24) is 20.1 Å². The van der Waals surface area contributed by atoms with Crippen LogP contribution < -0.4 is 5.32 Å². The van der Waals surface area contributed by atoms with E-state index in [0.717, 1.165) is 5.82 Å². The second kappa shape index (κ2) is 8.09. The number of thiophene rings is 1. The molecule has 0 unspecified atom stereocenters. The van der Waals surface area contributed by atoms with Gasteiger partial charge in [-0.05, 0) is 23.6 Å². The molecule has 0 fully saturated rings. The highest BCUT2D eigenvalue weighted by Crippen LogP contribution is 2.18. The van der Waals surface area contributed by atoms with E-state index in [4.69, 9.17) is 0 Å². The average molecular weight is 372 g/mol. The first-order valence-corrected chi connectivity index (χ1v) is 9.42. The monoisotopic (exact) mass is 372 g/mol. The minimum Gasteiger partial charge on any atom is -0.309 e. The molecular weight excluding hydrogens is 356 g/mol. The van der Waals surface area contributed by atoms with Crippen LogP contribution in [0.15, 0.2) is 53.0 Å². The summed E-state index contributed by atoms with van der Waals surface area (Å²) in [5.41, 5.74) is 0.456. The normalized spacial score (nSPS) is 10.6. The lowest BCUT2D eigenvalue weighted by molar-refractivity contribution is -0.117. The number of hydrogen-bond donors (Lipinski definition) is 1. The average Bonchev–Trinajstić information content (AvgIpc) is 3.25. The van der Waals surface area contributed by atoms with E-state index < -0.39 is 5.91 Å². The number of hydrogen-bond acceptors (Lipinski definition) is 6.